The number of halogens is 1. The molecule has 0 unspecified atom stereocenters. The zero-order valence-electron chi connectivity index (χ0n) is 14.2. The van der Waals surface area contributed by atoms with Crippen molar-refractivity contribution in [2.45, 2.75) is 26.3 Å². The number of benzene rings is 1. The van der Waals surface area contributed by atoms with E-state index in [4.69, 9.17) is 0 Å². The number of urea groups is 1. The van der Waals surface area contributed by atoms with Gasteiger partial charge in [0.2, 0.25) is 0 Å². The molecule has 0 aliphatic heterocycles. The van der Waals surface area contributed by atoms with E-state index in [1.165, 1.54) is 6.07 Å². The van der Waals surface area contributed by atoms with Crippen molar-refractivity contribution in [3.05, 3.63) is 54.1 Å². The number of rotatable bonds is 5. The molecule has 3 rings (SSSR count). The van der Waals surface area contributed by atoms with Crippen LogP contribution in [0.5, 0.6) is 0 Å². The Bertz CT molecular complexity index is 890. The van der Waals surface area contributed by atoms with Gasteiger partial charge in [0.15, 0.2) is 5.65 Å². The normalized spacial score (nSPS) is 11.0. The first-order chi connectivity index (χ1) is 12.0. The molecule has 0 spiro atoms. The van der Waals surface area contributed by atoms with Crippen LogP contribution in [0.1, 0.15) is 25.5 Å². The second-order valence-electron chi connectivity index (χ2n) is 6.04. The van der Waals surface area contributed by atoms with Gasteiger partial charge < -0.3 is 10.6 Å². The van der Waals surface area contributed by atoms with Crippen LogP contribution < -0.4 is 10.6 Å². The van der Waals surface area contributed by atoms with Gasteiger partial charge >= 0.3 is 6.03 Å². The van der Waals surface area contributed by atoms with Crippen molar-refractivity contribution in [2.24, 2.45) is 0 Å². The Kier molecular flexibility index (Phi) is 4.92. The van der Waals surface area contributed by atoms with E-state index >= 15 is 0 Å². The van der Waals surface area contributed by atoms with Crippen LogP contribution in [0.3, 0.4) is 0 Å². The minimum Gasteiger partial charge on any atom is -0.338 e. The van der Waals surface area contributed by atoms with E-state index < -0.39 is 0 Å². The predicted molar refractivity (Wildman–Crippen MR) is 95.0 cm³/mol. The van der Waals surface area contributed by atoms with Crippen LogP contribution in [-0.4, -0.2) is 27.3 Å². The number of hydrogen-bond donors (Lipinski definition) is 2. The largest absolute Gasteiger partial charge is 0.338 e. The van der Waals surface area contributed by atoms with Gasteiger partial charge in [0, 0.05) is 18.0 Å². The summed E-state index contributed by atoms with van der Waals surface area (Å²) < 4.78 is 15.4. The third-order valence-electron chi connectivity index (χ3n) is 3.82. The molecule has 0 aliphatic carbocycles. The number of aromatic nitrogens is 3. The van der Waals surface area contributed by atoms with Gasteiger partial charge in [0.05, 0.1) is 18.1 Å². The number of hydrogen-bond acceptors (Lipinski definition) is 3. The van der Waals surface area contributed by atoms with Crippen LogP contribution in [0.15, 0.2) is 42.7 Å². The van der Waals surface area contributed by atoms with Gasteiger partial charge in [-0.15, -0.1) is 0 Å². The fourth-order valence-electron chi connectivity index (χ4n) is 2.57. The van der Waals surface area contributed by atoms with Crippen molar-refractivity contribution < 1.29 is 9.18 Å². The Morgan fingerprint density at radius 3 is 2.84 bits per heavy atom. The second kappa shape index (κ2) is 7.29. The lowest BCUT2D eigenvalue weighted by molar-refractivity contribution is 0.252. The van der Waals surface area contributed by atoms with Crippen LogP contribution in [0, 0.1) is 5.82 Å². The van der Waals surface area contributed by atoms with Crippen LogP contribution >= 0.6 is 0 Å². The molecule has 3 aromatic rings. The molecule has 6 nitrogen and oxygen atoms in total. The van der Waals surface area contributed by atoms with Crippen LogP contribution in [0.4, 0.5) is 14.9 Å². The maximum Gasteiger partial charge on any atom is 0.319 e. The lowest BCUT2D eigenvalue weighted by atomic mass is 10.1. The molecule has 2 N–H and O–H groups in total. The molecule has 0 atom stereocenters. The molecule has 0 saturated heterocycles. The van der Waals surface area contributed by atoms with Crippen LogP contribution in [0.2, 0.25) is 0 Å². The zero-order chi connectivity index (χ0) is 17.8. The number of pyridine rings is 1. The smallest absolute Gasteiger partial charge is 0.319 e. The molecule has 25 heavy (non-hydrogen) atoms. The molecule has 0 fully saturated rings. The quantitative estimate of drug-likeness (QED) is 0.746. The van der Waals surface area contributed by atoms with E-state index in [-0.39, 0.29) is 17.9 Å². The number of nitrogens with zero attached hydrogens (tertiary/aromatic N) is 3. The van der Waals surface area contributed by atoms with E-state index in [2.05, 4.69) is 20.7 Å². The molecule has 0 aliphatic rings. The number of nitrogens with one attached hydrogen (secondary N) is 2. The molecule has 1 aromatic carbocycles. The number of carbonyl (C=O) groups is 1. The average molecular weight is 341 g/mol. The van der Waals surface area contributed by atoms with E-state index in [9.17, 15) is 9.18 Å². The second-order valence-corrected chi connectivity index (χ2v) is 6.04. The van der Waals surface area contributed by atoms with Crippen molar-refractivity contribution in [1.82, 2.24) is 20.1 Å². The van der Waals surface area contributed by atoms with Crippen molar-refractivity contribution >= 4 is 22.8 Å². The summed E-state index contributed by atoms with van der Waals surface area (Å²) in [4.78, 5) is 16.3. The SMILES string of the molecule is CC(C)n1ncc2cc(NC(=O)NCCc3ccccc3F)cnc21. The molecule has 0 radical (unpaired) electrons. The third-order valence-corrected chi connectivity index (χ3v) is 3.82. The Balaban J connectivity index is 1.57. The van der Waals surface area contributed by atoms with Crippen molar-refractivity contribution in [2.75, 3.05) is 11.9 Å². The summed E-state index contributed by atoms with van der Waals surface area (Å²) >= 11 is 0. The summed E-state index contributed by atoms with van der Waals surface area (Å²) in [7, 11) is 0. The Morgan fingerprint density at radius 2 is 2.08 bits per heavy atom. The van der Waals surface area contributed by atoms with Gasteiger partial charge in [-0.05, 0) is 38.0 Å². The predicted octanol–water partition coefficient (Wildman–Crippen LogP) is 3.52. The highest BCUT2D eigenvalue weighted by molar-refractivity contribution is 5.91. The lowest BCUT2D eigenvalue weighted by Gasteiger charge is -2.09. The molecule has 7 heteroatoms. The lowest BCUT2D eigenvalue weighted by Crippen LogP contribution is -2.30. The summed E-state index contributed by atoms with van der Waals surface area (Å²) in [6, 6.07) is 8.22. The Hall–Kier alpha value is -2.96. The standard InChI is InChI=1S/C18H20FN5O/c1-12(2)24-17-14(10-22-24)9-15(11-21-17)23-18(25)20-8-7-13-5-3-4-6-16(13)19/h3-6,9-12H,7-8H2,1-2H3,(H2,20,23,25). The molecule has 2 amide bonds. The van der Waals surface area contributed by atoms with Crippen molar-refractivity contribution in [3.63, 3.8) is 0 Å². The van der Waals surface area contributed by atoms with Gasteiger partial charge in [0.25, 0.3) is 0 Å². The maximum atomic E-state index is 13.5. The van der Waals surface area contributed by atoms with E-state index in [1.54, 1.807) is 30.6 Å². The Morgan fingerprint density at radius 1 is 1.28 bits per heavy atom. The number of anilines is 1. The molecule has 2 aromatic heterocycles. The molecule has 0 bridgehead atoms. The molecule has 130 valence electrons. The van der Waals surface area contributed by atoms with E-state index in [0.29, 0.717) is 24.2 Å². The summed E-state index contributed by atoms with van der Waals surface area (Å²) in [6.45, 7) is 4.40. The first-order valence-electron chi connectivity index (χ1n) is 8.16. The van der Waals surface area contributed by atoms with Gasteiger partial charge in [-0.2, -0.15) is 5.10 Å². The third kappa shape index (κ3) is 3.93. The molecular weight excluding hydrogens is 321 g/mol. The van der Waals surface area contributed by atoms with Gasteiger partial charge in [-0.3, -0.25) is 0 Å². The topological polar surface area (TPSA) is 71.8 Å². The zero-order valence-corrected chi connectivity index (χ0v) is 14.2. The first-order valence-corrected chi connectivity index (χ1v) is 8.16. The first kappa shape index (κ1) is 16.9. The van der Waals surface area contributed by atoms with Gasteiger partial charge in [0.1, 0.15) is 5.82 Å². The monoisotopic (exact) mass is 341 g/mol. The Labute approximate surface area is 145 Å². The maximum absolute atomic E-state index is 13.5. The molecule has 0 saturated carbocycles. The highest BCUT2D eigenvalue weighted by atomic mass is 19.1. The summed E-state index contributed by atoms with van der Waals surface area (Å²) in [5.74, 6) is -0.262. The fourth-order valence-corrected chi connectivity index (χ4v) is 2.57. The summed E-state index contributed by atoms with van der Waals surface area (Å²) in [5.41, 5.74) is 1.94. The van der Waals surface area contributed by atoms with Crippen molar-refractivity contribution in [3.8, 4) is 0 Å². The minimum absolute atomic E-state index is 0.213. The number of amides is 2. The van der Waals surface area contributed by atoms with Crippen LogP contribution in [0.25, 0.3) is 11.0 Å². The highest BCUT2D eigenvalue weighted by Crippen LogP contribution is 2.18. The molecule has 2 heterocycles. The minimum atomic E-state index is -0.353. The van der Waals surface area contributed by atoms with E-state index in [0.717, 1.165) is 11.0 Å². The highest BCUT2D eigenvalue weighted by Gasteiger charge is 2.09. The fraction of sp³-hybridized carbons (Fsp3) is 0.278. The van der Waals surface area contributed by atoms with Gasteiger partial charge in [-0.1, -0.05) is 18.2 Å². The van der Waals surface area contributed by atoms with E-state index in [1.807, 2.05) is 24.6 Å². The number of carbonyl (C=O) groups excluding carboxylic acids is 1. The van der Waals surface area contributed by atoms with Crippen LogP contribution in [-0.2, 0) is 6.42 Å². The average Bonchev–Trinajstić information content (AvgIpc) is 3.00. The van der Waals surface area contributed by atoms with Gasteiger partial charge in [-0.25, -0.2) is 18.9 Å². The molecular formula is C18H20FN5O. The number of fused-ring (bicyclic) bond motifs is 1. The summed E-state index contributed by atoms with van der Waals surface area (Å²) in [6.07, 6.45) is 3.75. The van der Waals surface area contributed by atoms with Crippen molar-refractivity contribution in [1.29, 1.82) is 0 Å². The summed E-state index contributed by atoms with van der Waals surface area (Å²) in [5, 5.41) is 10.6.